The van der Waals surface area contributed by atoms with Crippen LogP contribution in [0.1, 0.15) is 44.9 Å². The van der Waals surface area contributed by atoms with Crippen molar-refractivity contribution in [3.63, 3.8) is 0 Å². The summed E-state index contributed by atoms with van der Waals surface area (Å²) in [5.41, 5.74) is -0.0937. The molecule has 0 aromatic carbocycles. The largest absolute Gasteiger partial charge is 0.393 e. The van der Waals surface area contributed by atoms with Crippen molar-refractivity contribution in [2.45, 2.75) is 57.1 Å². The van der Waals surface area contributed by atoms with Crippen LogP contribution in [0.2, 0.25) is 5.02 Å². The molecule has 1 amide bonds. The topological polar surface area (TPSA) is 103 Å². The highest BCUT2D eigenvalue weighted by atomic mass is 35.5. The molecule has 30 heavy (non-hydrogen) atoms. The molecule has 1 unspecified atom stereocenters. The number of aliphatic hydroxyl groups excluding tert-OH is 1. The van der Waals surface area contributed by atoms with Crippen LogP contribution in [-0.2, 0) is 14.8 Å². The van der Waals surface area contributed by atoms with Crippen molar-refractivity contribution < 1.29 is 18.3 Å². The first kappa shape index (κ1) is 21.6. The number of likely N-dealkylation sites (tertiary alicyclic amines) is 1. The molecule has 3 fully saturated rings. The number of aromatic nitrogens is 1. The zero-order valence-electron chi connectivity index (χ0n) is 17.2. The fourth-order valence-corrected chi connectivity index (χ4v) is 6.02. The van der Waals surface area contributed by atoms with Gasteiger partial charge >= 0.3 is 0 Å². The van der Waals surface area contributed by atoms with Crippen LogP contribution < -0.4 is 9.62 Å². The Labute approximate surface area is 182 Å². The Bertz CT molecular complexity index is 919. The molecule has 1 spiro atoms. The molecule has 1 atom stereocenters. The molecule has 3 aliphatic rings. The summed E-state index contributed by atoms with van der Waals surface area (Å²) in [7, 11) is -3.41. The second-order valence-corrected chi connectivity index (χ2v) is 11.1. The maximum atomic E-state index is 13.4. The number of anilines is 2. The third-order valence-corrected chi connectivity index (χ3v) is 7.54. The number of halogens is 1. The normalized spacial score (nSPS) is 30.2. The van der Waals surface area contributed by atoms with Gasteiger partial charge in [0.05, 0.1) is 34.7 Å². The highest BCUT2D eigenvalue weighted by molar-refractivity contribution is 7.92. The van der Waals surface area contributed by atoms with Gasteiger partial charge in [-0.1, -0.05) is 11.6 Å². The van der Waals surface area contributed by atoms with Crippen molar-refractivity contribution in [2.75, 3.05) is 35.5 Å². The molecule has 1 aromatic heterocycles. The molecule has 3 heterocycles. The van der Waals surface area contributed by atoms with E-state index in [2.05, 4.69) is 14.6 Å². The summed E-state index contributed by atoms with van der Waals surface area (Å²) in [4.78, 5) is 21.9. The van der Waals surface area contributed by atoms with Gasteiger partial charge in [0.25, 0.3) is 0 Å². The summed E-state index contributed by atoms with van der Waals surface area (Å²) in [5, 5.41) is 10.1. The number of nitrogens with one attached hydrogen (secondary N) is 1. The summed E-state index contributed by atoms with van der Waals surface area (Å²) >= 11 is 6.43. The molecule has 1 aliphatic carbocycles. The number of carbonyl (C=O) groups excluding carboxylic acids is 1. The number of hydrogen-bond donors (Lipinski definition) is 2. The van der Waals surface area contributed by atoms with Gasteiger partial charge in [0, 0.05) is 25.7 Å². The minimum Gasteiger partial charge on any atom is -0.393 e. The minimum atomic E-state index is -3.41. The maximum Gasteiger partial charge on any atom is 0.230 e. The van der Waals surface area contributed by atoms with E-state index in [0.29, 0.717) is 23.1 Å². The number of pyridine rings is 1. The molecular formula is C20H29ClN4O4S. The summed E-state index contributed by atoms with van der Waals surface area (Å²) in [6, 6.07) is 1.79. The monoisotopic (exact) mass is 456 g/mol. The Morgan fingerprint density at radius 2 is 1.97 bits per heavy atom. The van der Waals surface area contributed by atoms with E-state index in [-0.39, 0.29) is 18.1 Å². The van der Waals surface area contributed by atoms with Crippen LogP contribution in [0.25, 0.3) is 0 Å². The number of sulfonamides is 1. The Hall–Kier alpha value is -1.58. The molecule has 2 saturated heterocycles. The van der Waals surface area contributed by atoms with Gasteiger partial charge in [0.2, 0.25) is 15.9 Å². The van der Waals surface area contributed by atoms with Crippen molar-refractivity contribution in [1.29, 1.82) is 0 Å². The highest BCUT2D eigenvalue weighted by Gasteiger charge is 2.51. The Morgan fingerprint density at radius 3 is 2.63 bits per heavy atom. The zero-order chi connectivity index (χ0) is 21.5. The molecule has 2 aliphatic heterocycles. The third-order valence-electron chi connectivity index (χ3n) is 6.65. The average Bonchev–Trinajstić information content (AvgIpc) is 2.97. The molecule has 1 aromatic rings. The molecule has 2 N–H and O–H groups in total. The molecule has 1 saturated carbocycles. The molecule has 8 nitrogen and oxygen atoms in total. The van der Waals surface area contributed by atoms with Crippen LogP contribution in [0.4, 0.5) is 11.5 Å². The lowest BCUT2D eigenvalue weighted by molar-refractivity contribution is -0.139. The number of amides is 1. The van der Waals surface area contributed by atoms with Crippen LogP contribution in [0, 0.1) is 5.41 Å². The molecule has 10 heteroatoms. The predicted octanol–water partition coefficient (Wildman–Crippen LogP) is 2.23. The van der Waals surface area contributed by atoms with Crippen molar-refractivity contribution in [1.82, 2.24) is 9.88 Å². The van der Waals surface area contributed by atoms with E-state index in [9.17, 15) is 18.3 Å². The number of hydrogen-bond acceptors (Lipinski definition) is 6. The van der Waals surface area contributed by atoms with Gasteiger partial charge in [-0.05, 0) is 51.0 Å². The van der Waals surface area contributed by atoms with E-state index in [0.717, 1.165) is 64.3 Å². The quantitative estimate of drug-likeness (QED) is 0.720. The second-order valence-electron chi connectivity index (χ2n) is 8.92. The van der Waals surface area contributed by atoms with Gasteiger partial charge in [-0.15, -0.1) is 0 Å². The lowest BCUT2D eigenvalue weighted by Gasteiger charge is -2.41. The fraction of sp³-hybridized carbons (Fsp3) is 0.700. The molecule has 4 rings (SSSR count). The Kier molecular flexibility index (Phi) is 5.89. The van der Waals surface area contributed by atoms with Crippen molar-refractivity contribution >= 4 is 39.0 Å². The number of piperidine rings is 1. The van der Waals surface area contributed by atoms with Crippen LogP contribution in [0.5, 0.6) is 0 Å². The second kappa shape index (κ2) is 8.16. The van der Waals surface area contributed by atoms with Gasteiger partial charge in [-0.3, -0.25) is 9.52 Å². The van der Waals surface area contributed by atoms with E-state index in [1.165, 1.54) is 6.20 Å². The molecule has 0 bridgehead atoms. The SMILES string of the molecule is CS(=O)(=O)Nc1cnc(N2CCCC3(CCN(C4CCC(O)CC4)C3=O)C2)c(Cl)c1. The smallest absolute Gasteiger partial charge is 0.230 e. The maximum absolute atomic E-state index is 13.4. The number of aliphatic hydroxyl groups is 1. The first-order valence-corrected chi connectivity index (χ1v) is 12.8. The lowest BCUT2D eigenvalue weighted by atomic mass is 9.78. The van der Waals surface area contributed by atoms with E-state index in [4.69, 9.17) is 11.6 Å². The van der Waals surface area contributed by atoms with Gasteiger partial charge in [-0.2, -0.15) is 0 Å². The first-order chi connectivity index (χ1) is 14.2. The summed E-state index contributed by atoms with van der Waals surface area (Å²) < 4.78 is 25.3. The van der Waals surface area contributed by atoms with Crippen molar-refractivity contribution in [3.8, 4) is 0 Å². The predicted molar refractivity (Wildman–Crippen MR) is 116 cm³/mol. The molecular weight excluding hydrogens is 428 g/mol. The number of rotatable bonds is 4. The fourth-order valence-electron chi connectivity index (χ4n) is 5.19. The van der Waals surface area contributed by atoms with E-state index < -0.39 is 15.4 Å². The van der Waals surface area contributed by atoms with Gasteiger partial charge < -0.3 is 14.9 Å². The summed E-state index contributed by atoms with van der Waals surface area (Å²) in [6.07, 6.45) is 8.14. The van der Waals surface area contributed by atoms with Gasteiger partial charge in [-0.25, -0.2) is 13.4 Å². The van der Waals surface area contributed by atoms with Crippen molar-refractivity contribution in [3.05, 3.63) is 17.3 Å². The van der Waals surface area contributed by atoms with Gasteiger partial charge in [0.1, 0.15) is 5.82 Å². The number of nitrogens with zero attached hydrogens (tertiary/aromatic N) is 3. The molecule has 0 radical (unpaired) electrons. The molecule has 166 valence electrons. The van der Waals surface area contributed by atoms with Crippen LogP contribution in [-0.4, -0.2) is 67.4 Å². The summed E-state index contributed by atoms with van der Waals surface area (Å²) in [6.45, 7) is 2.10. The minimum absolute atomic E-state index is 0.222. The summed E-state index contributed by atoms with van der Waals surface area (Å²) in [5.74, 6) is 0.807. The van der Waals surface area contributed by atoms with E-state index >= 15 is 0 Å². The average molecular weight is 457 g/mol. The first-order valence-electron chi connectivity index (χ1n) is 10.5. The lowest BCUT2D eigenvalue weighted by Crippen LogP contribution is -2.50. The standard InChI is InChI=1S/C20H29ClN4O4S/c1-30(28,29)23-14-11-17(21)18(22-12-14)24-9-2-7-20(13-24)8-10-25(19(20)27)15-3-5-16(26)6-4-15/h11-12,15-16,23,26H,2-10,13H2,1H3. The Balaban J connectivity index is 1.49. The van der Waals surface area contributed by atoms with Crippen LogP contribution in [0.3, 0.4) is 0 Å². The highest BCUT2D eigenvalue weighted by Crippen LogP contribution is 2.44. The van der Waals surface area contributed by atoms with Gasteiger partial charge in [0.15, 0.2) is 0 Å². The third kappa shape index (κ3) is 4.38. The van der Waals surface area contributed by atoms with Crippen molar-refractivity contribution in [2.24, 2.45) is 5.41 Å². The van der Waals surface area contributed by atoms with E-state index in [1.807, 2.05) is 4.90 Å². The van der Waals surface area contributed by atoms with E-state index in [1.54, 1.807) is 6.07 Å². The number of carbonyl (C=O) groups is 1. The Morgan fingerprint density at radius 1 is 1.23 bits per heavy atom. The van der Waals surface area contributed by atoms with Crippen LogP contribution in [0.15, 0.2) is 12.3 Å². The zero-order valence-corrected chi connectivity index (χ0v) is 18.8. The van der Waals surface area contributed by atoms with Crippen LogP contribution >= 0.6 is 11.6 Å².